The van der Waals surface area contributed by atoms with Gasteiger partial charge in [-0.3, -0.25) is 0 Å². The topological polar surface area (TPSA) is 32.3 Å². The molecule has 0 aromatic carbocycles. The monoisotopic (exact) mass is 173 g/mol. The number of hydrogen-bond acceptors (Lipinski definition) is 2. The molecule has 1 heterocycles. The molecular weight excluding hydrogens is 154 g/mol. The van der Waals surface area contributed by atoms with E-state index in [4.69, 9.17) is 4.84 Å². The molecule has 1 fully saturated rings. The van der Waals surface area contributed by atoms with Crippen LogP contribution in [0.1, 0.15) is 40.0 Å². The van der Waals surface area contributed by atoms with Crippen molar-refractivity contribution < 1.29 is 9.65 Å². The zero-order valence-electron chi connectivity index (χ0n) is 8.30. The van der Waals surface area contributed by atoms with E-state index >= 15 is 0 Å². The van der Waals surface area contributed by atoms with Crippen LogP contribution < -0.4 is 0 Å². The second-order valence-corrected chi connectivity index (χ2v) is 4.53. The molecule has 0 unspecified atom stereocenters. The largest absolute Gasteiger partial charge is 0.598 e. The summed E-state index contributed by atoms with van der Waals surface area (Å²) in [4.78, 5) is 5.01. The molecule has 12 heavy (non-hydrogen) atoms. The molecule has 0 radical (unpaired) electrons. The summed E-state index contributed by atoms with van der Waals surface area (Å²) >= 11 is 0. The highest BCUT2D eigenvalue weighted by molar-refractivity contribution is 4.57. The number of quaternary nitrogens is 1. The third kappa shape index (κ3) is 3.09. The summed E-state index contributed by atoms with van der Waals surface area (Å²) in [5.41, 5.74) is -0.320. The van der Waals surface area contributed by atoms with E-state index in [9.17, 15) is 5.21 Å². The minimum absolute atomic E-state index is 0.320. The number of nitrogens with zero attached hydrogens (tertiary/aromatic N) is 1. The normalized spacial score (nSPS) is 24.0. The van der Waals surface area contributed by atoms with Crippen molar-refractivity contribution in [2.45, 2.75) is 45.6 Å². The number of rotatable bonds is 1. The van der Waals surface area contributed by atoms with E-state index < -0.39 is 4.81 Å². The third-order valence-corrected chi connectivity index (χ3v) is 1.94. The van der Waals surface area contributed by atoms with Crippen LogP contribution in [0.4, 0.5) is 0 Å². The highest BCUT2D eigenvalue weighted by Gasteiger charge is 2.28. The van der Waals surface area contributed by atoms with Crippen LogP contribution in [-0.4, -0.2) is 23.5 Å². The smallest absolute Gasteiger partial charge is 0.119 e. The zero-order chi connectivity index (χ0) is 9.24. The average Bonchev–Trinajstić information content (AvgIpc) is 1.83. The summed E-state index contributed by atoms with van der Waals surface area (Å²) in [6.45, 7) is 7.03. The lowest BCUT2D eigenvalue weighted by atomic mass is 10.1. The summed E-state index contributed by atoms with van der Waals surface area (Å²) < 4.78 is 0. The van der Waals surface area contributed by atoms with Crippen LogP contribution in [0.3, 0.4) is 0 Å². The number of hydroxylamine groups is 4. The maximum atomic E-state index is 11.9. The van der Waals surface area contributed by atoms with Gasteiger partial charge in [-0.2, -0.15) is 4.84 Å². The Kier molecular flexibility index (Phi) is 2.76. The Hall–Kier alpha value is -0.120. The van der Waals surface area contributed by atoms with E-state index in [1.807, 2.05) is 20.8 Å². The van der Waals surface area contributed by atoms with Gasteiger partial charge < -0.3 is 5.21 Å². The second-order valence-electron chi connectivity index (χ2n) is 4.53. The Morgan fingerprint density at radius 3 is 2.00 bits per heavy atom. The Labute approximate surface area is 74.4 Å². The molecule has 72 valence electrons. The lowest BCUT2D eigenvalue weighted by Gasteiger charge is -2.45. The van der Waals surface area contributed by atoms with Crippen LogP contribution in [-0.2, 0) is 4.84 Å². The Morgan fingerprint density at radius 1 is 1.08 bits per heavy atom. The van der Waals surface area contributed by atoms with Gasteiger partial charge in [-0.1, -0.05) is 0 Å². The van der Waals surface area contributed by atoms with Gasteiger partial charge in [-0.05, 0) is 40.0 Å². The maximum Gasteiger partial charge on any atom is 0.119 e. The first-order valence-corrected chi connectivity index (χ1v) is 4.70. The van der Waals surface area contributed by atoms with Crippen molar-refractivity contribution in [3.05, 3.63) is 5.21 Å². The lowest BCUT2D eigenvalue weighted by Crippen LogP contribution is -2.50. The van der Waals surface area contributed by atoms with E-state index in [2.05, 4.69) is 0 Å². The SMILES string of the molecule is CC(C)(C)O[N+]1([O-])CCCCC1. The number of hydrogen-bond donors (Lipinski definition) is 0. The van der Waals surface area contributed by atoms with Gasteiger partial charge in [0, 0.05) is 0 Å². The summed E-state index contributed by atoms with van der Waals surface area (Å²) in [6, 6.07) is 0. The molecule has 0 aromatic rings. The van der Waals surface area contributed by atoms with E-state index in [-0.39, 0.29) is 5.60 Å². The first-order chi connectivity index (χ1) is 5.41. The van der Waals surface area contributed by atoms with Gasteiger partial charge in [0.05, 0.1) is 0 Å². The highest BCUT2D eigenvalue weighted by Crippen LogP contribution is 2.23. The molecule has 3 heteroatoms. The van der Waals surface area contributed by atoms with Crippen LogP contribution in [0.2, 0.25) is 0 Å². The molecule has 0 aromatic heterocycles. The predicted molar refractivity (Wildman–Crippen MR) is 48.1 cm³/mol. The van der Waals surface area contributed by atoms with E-state index in [1.54, 1.807) is 0 Å². The van der Waals surface area contributed by atoms with Crippen molar-refractivity contribution in [3.8, 4) is 0 Å². The lowest BCUT2D eigenvalue weighted by molar-refractivity contribution is -1.08. The van der Waals surface area contributed by atoms with Crippen LogP contribution in [0.25, 0.3) is 0 Å². The van der Waals surface area contributed by atoms with Crippen LogP contribution >= 0.6 is 0 Å². The van der Waals surface area contributed by atoms with E-state index in [0.29, 0.717) is 13.1 Å². The Balaban J connectivity index is 2.47. The Bertz CT molecular complexity index is 145. The molecule has 1 saturated heterocycles. The summed E-state index contributed by atoms with van der Waals surface area (Å²) in [6.07, 6.45) is 3.18. The van der Waals surface area contributed by atoms with Gasteiger partial charge >= 0.3 is 0 Å². The molecule has 1 aliphatic heterocycles. The molecular formula is C9H19NO2. The van der Waals surface area contributed by atoms with Crippen LogP contribution in [0.15, 0.2) is 0 Å². The Morgan fingerprint density at radius 2 is 1.58 bits per heavy atom. The minimum Gasteiger partial charge on any atom is -0.598 e. The quantitative estimate of drug-likeness (QED) is 0.450. The van der Waals surface area contributed by atoms with Gasteiger partial charge in [0.2, 0.25) is 0 Å². The summed E-state index contributed by atoms with van der Waals surface area (Å²) in [5, 5.41) is 11.9. The molecule has 0 N–H and O–H groups in total. The van der Waals surface area contributed by atoms with E-state index in [0.717, 1.165) is 12.8 Å². The summed E-state index contributed by atoms with van der Waals surface area (Å²) in [7, 11) is 0. The van der Waals surface area contributed by atoms with Gasteiger partial charge in [-0.25, -0.2) is 4.81 Å². The van der Waals surface area contributed by atoms with Crippen molar-refractivity contribution in [1.29, 1.82) is 0 Å². The third-order valence-electron chi connectivity index (χ3n) is 1.94. The minimum atomic E-state index is -0.441. The van der Waals surface area contributed by atoms with Crippen LogP contribution in [0, 0.1) is 5.21 Å². The number of piperidine rings is 1. The summed E-state index contributed by atoms with van der Waals surface area (Å²) in [5.74, 6) is 0. The molecule has 0 spiro atoms. The maximum absolute atomic E-state index is 11.9. The zero-order valence-corrected chi connectivity index (χ0v) is 8.30. The first kappa shape index (κ1) is 9.96. The van der Waals surface area contributed by atoms with Crippen molar-refractivity contribution in [1.82, 2.24) is 0 Å². The second kappa shape index (κ2) is 3.32. The average molecular weight is 173 g/mol. The molecule has 0 aliphatic carbocycles. The van der Waals surface area contributed by atoms with Gasteiger partial charge in [0.1, 0.15) is 18.7 Å². The first-order valence-electron chi connectivity index (χ1n) is 4.70. The molecule has 1 rings (SSSR count). The molecule has 1 aliphatic rings. The van der Waals surface area contributed by atoms with Gasteiger partial charge in [0.15, 0.2) is 0 Å². The molecule has 0 amide bonds. The van der Waals surface area contributed by atoms with Crippen molar-refractivity contribution in [3.63, 3.8) is 0 Å². The molecule has 0 atom stereocenters. The highest BCUT2D eigenvalue weighted by atomic mass is 16.9. The fraction of sp³-hybridized carbons (Fsp3) is 1.00. The fourth-order valence-corrected chi connectivity index (χ4v) is 1.58. The fourth-order valence-electron chi connectivity index (χ4n) is 1.58. The van der Waals surface area contributed by atoms with Crippen molar-refractivity contribution in [2.75, 3.05) is 13.1 Å². The predicted octanol–water partition coefficient (Wildman–Crippen LogP) is 2.21. The van der Waals surface area contributed by atoms with Crippen molar-refractivity contribution >= 4 is 0 Å². The molecule has 3 nitrogen and oxygen atoms in total. The molecule has 0 saturated carbocycles. The van der Waals surface area contributed by atoms with Crippen LogP contribution in [0.5, 0.6) is 0 Å². The van der Waals surface area contributed by atoms with Gasteiger partial charge in [0.25, 0.3) is 0 Å². The van der Waals surface area contributed by atoms with Crippen molar-refractivity contribution in [2.24, 2.45) is 0 Å². The van der Waals surface area contributed by atoms with E-state index in [1.165, 1.54) is 6.42 Å². The standard InChI is InChI=1S/C9H19NO2/c1-9(2,3)12-10(11)7-5-4-6-8-10/h4-8H2,1-3H3. The molecule has 0 bridgehead atoms. The van der Waals surface area contributed by atoms with Gasteiger partial charge in [-0.15, -0.1) is 0 Å².